The molecule has 0 spiro atoms. The van der Waals surface area contributed by atoms with Crippen LogP contribution in [-0.4, -0.2) is 12.5 Å². The van der Waals surface area contributed by atoms with Gasteiger partial charge in [0.15, 0.2) is 6.61 Å². The standard InChI is InChI=1S/C23H29NO2/c1-4-22(20-11-10-18-7-5-6-8-19(18)14-20)24-23(25)15-26-21-12-9-16(2)17(3)13-21/h9-14,22H,4-8,15H2,1-3H3,(H,24,25)/t22-/m0/s1. The number of benzene rings is 2. The normalized spacial score (nSPS) is 14.4. The third-order valence-electron chi connectivity index (χ3n) is 5.37. The molecule has 0 heterocycles. The molecule has 1 N–H and O–H groups in total. The first-order valence-electron chi connectivity index (χ1n) is 9.68. The number of ether oxygens (including phenoxy) is 1. The van der Waals surface area contributed by atoms with E-state index in [0.29, 0.717) is 0 Å². The van der Waals surface area contributed by atoms with Crippen LogP contribution in [-0.2, 0) is 17.6 Å². The highest BCUT2D eigenvalue weighted by atomic mass is 16.5. The van der Waals surface area contributed by atoms with Crippen molar-refractivity contribution in [3.8, 4) is 5.75 Å². The van der Waals surface area contributed by atoms with E-state index in [9.17, 15) is 4.79 Å². The Labute approximate surface area is 156 Å². The van der Waals surface area contributed by atoms with Crippen molar-refractivity contribution in [2.75, 3.05) is 6.61 Å². The lowest BCUT2D eigenvalue weighted by Gasteiger charge is -2.22. The van der Waals surface area contributed by atoms with Crippen molar-refractivity contribution in [1.82, 2.24) is 5.32 Å². The largest absolute Gasteiger partial charge is 0.484 e. The summed E-state index contributed by atoms with van der Waals surface area (Å²) >= 11 is 0. The van der Waals surface area contributed by atoms with Crippen molar-refractivity contribution < 1.29 is 9.53 Å². The van der Waals surface area contributed by atoms with Crippen molar-refractivity contribution in [2.24, 2.45) is 0 Å². The molecule has 1 aliphatic carbocycles. The molecule has 0 bridgehead atoms. The third-order valence-corrected chi connectivity index (χ3v) is 5.37. The molecule has 0 aromatic heterocycles. The van der Waals surface area contributed by atoms with Gasteiger partial charge in [0.25, 0.3) is 5.91 Å². The average Bonchev–Trinajstić information content (AvgIpc) is 2.66. The zero-order valence-corrected chi connectivity index (χ0v) is 16.1. The first-order valence-corrected chi connectivity index (χ1v) is 9.68. The van der Waals surface area contributed by atoms with Crippen LogP contribution in [0.5, 0.6) is 5.75 Å². The van der Waals surface area contributed by atoms with E-state index in [1.165, 1.54) is 47.1 Å². The fourth-order valence-electron chi connectivity index (χ4n) is 3.58. The van der Waals surface area contributed by atoms with Crippen molar-refractivity contribution in [3.05, 3.63) is 64.2 Å². The van der Waals surface area contributed by atoms with Gasteiger partial charge >= 0.3 is 0 Å². The summed E-state index contributed by atoms with van der Waals surface area (Å²) in [4.78, 5) is 12.4. The fourth-order valence-corrected chi connectivity index (χ4v) is 3.58. The molecule has 0 radical (unpaired) electrons. The minimum atomic E-state index is -0.0761. The molecule has 138 valence electrons. The molecule has 0 saturated heterocycles. The van der Waals surface area contributed by atoms with Gasteiger partial charge in [-0.15, -0.1) is 0 Å². The highest BCUT2D eigenvalue weighted by Crippen LogP contribution is 2.26. The first-order chi connectivity index (χ1) is 12.6. The molecule has 3 heteroatoms. The Morgan fingerprint density at radius 1 is 1.04 bits per heavy atom. The van der Waals surface area contributed by atoms with Crippen LogP contribution in [0, 0.1) is 13.8 Å². The topological polar surface area (TPSA) is 38.3 Å². The maximum atomic E-state index is 12.4. The lowest BCUT2D eigenvalue weighted by atomic mass is 9.89. The van der Waals surface area contributed by atoms with Crippen molar-refractivity contribution in [1.29, 1.82) is 0 Å². The van der Waals surface area contributed by atoms with E-state index >= 15 is 0 Å². The monoisotopic (exact) mass is 351 g/mol. The van der Waals surface area contributed by atoms with Crippen LogP contribution in [0.2, 0.25) is 0 Å². The number of carbonyl (C=O) groups excluding carboxylic acids is 1. The molecule has 1 amide bonds. The highest BCUT2D eigenvalue weighted by Gasteiger charge is 2.16. The van der Waals surface area contributed by atoms with E-state index in [2.05, 4.69) is 37.4 Å². The van der Waals surface area contributed by atoms with E-state index in [0.717, 1.165) is 18.6 Å². The van der Waals surface area contributed by atoms with Gasteiger partial charge in [-0.2, -0.15) is 0 Å². The Morgan fingerprint density at radius 2 is 1.81 bits per heavy atom. The van der Waals surface area contributed by atoms with Gasteiger partial charge in [0.2, 0.25) is 0 Å². The van der Waals surface area contributed by atoms with Gasteiger partial charge in [0.05, 0.1) is 6.04 Å². The Morgan fingerprint density at radius 3 is 2.54 bits per heavy atom. The van der Waals surface area contributed by atoms with Crippen LogP contribution in [0.15, 0.2) is 36.4 Å². The number of hydrogen-bond donors (Lipinski definition) is 1. The van der Waals surface area contributed by atoms with Crippen LogP contribution in [0.3, 0.4) is 0 Å². The number of aryl methyl sites for hydroxylation is 4. The van der Waals surface area contributed by atoms with E-state index in [1.54, 1.807) is 0 Å². The SMILES string of the molecule is CC[C@H](NC(=O)COc1ccc(C)c(C)c1)c1ccc2c(c1)CCCC2. The van der Waals surface area contributed by atoms with Crippen LogP contribution in [0.25, 0.3) is 0 Å². The highest BCUT2D eigenvalue weighted by molar-refractivity contribution is 5.78. The quantitative estimate of drug-likeness (QED) is 0.809. The van der Waals surface area contributed by atoms with E-state index in [1.807, 2.05) is 25.1 Å². The van der Waals surface area contributed by atoms with E-state index in [-0.39, 0.29) is 18.6 Å². The number of nitrogens with one attached hydrogen (secondary N) is 1. The molecule has 3 rings (SSSR count). The molecule has 0 aliphatic heterocycles. The Kier molecular flexibility index (Phi) is 5.97. The molecule has 1 aliphatic rings. The Hall–Kier alpha value is -2.29. The lowest BCUT2D eigenvalue weighted by Crippen LogP contribution is -2.32. The minimum absolute atomic E-state index is 0.0399. The third kappa shape index (κ3) is 4.46. The number of amides is 1. The molecule has 0 fully saturated rings. The number of carbonyl (C=O) groups is 1. The molecule has 0 saturated carbocycles. The maximum Gasteiger partial charge on any atom is 0.258 e. The second kappa shape index (κ2) is 8.39. The van der Waals surface area contributed by atoms with Crippen LogP contribution in [0.1, 0.15) is 60.0 Å². The van der Waals surface area contributed by atoms with Gasteiger partial charge in [-0.1, -0.05) is 31.2 Å². The first kappa shape index (κ1) is 18.5. The summed E-state index contributed by atoms with van der Waals surface area (Å²) < 4.78 is 5.66. The second-order valence-electron chi connectivity index (χ2n) is 7.30. The number of hydrogen-bond acceptors (Lipinski definition) is 2. The lowest BCUT2D eigenvalue weighted by molar-refractivity contribution is -0.123. The zero-order valence-electron chi connectivity index (χ0n) is 16.1. The molecule has 3 nitrogen and oxygen atoms in total. The second-order valence-corrected chi connectivity index (χ2v) is 7.30. The van der Waals surface area contributed by atoms with Crippen LogP contribution >= 0.6 is 0 Å². The predicted octanol–water partition coefficient (Wildman–Crippen LogP) is 4.83. The van der Waals surface area contributed by atoms with Crippen LogP contribution < -0.4 is 10.1 Å². The van der Waals surface area contributed by atoms with Gasteiger partial charge < -0.3 is 10.1 Å². The molecule has 1 atom stereocenters. The summed E-state index contributed by atoms with van der Waals surface area (Å²) in [7, 11) is 0. The number of fused-ring (bicyclic) bond motifs is 1. The molecular formula is C23H29NO2. The minimum Gasteiger partial charge on any atom is -0.484 e. The molecule has 2 aromatic rings. The van der Waals surface area contributed by atoms with E-state index in [4.69, 9.17) is 4.74 Å². The van der Waals surface area contributed by atoms with Gasteiger partial charge in [-0.05, 0) is 85.9 Å². The molecule has 2 aromatic carbocycles. The van der Waals surface area contributed by atoms with Crippen molar-refractivity contribution in [2.45, 2.75) is 58.9 Å². The van der Waals surface area contributed by atoms with Crippen molar-refractivity contribution in [3.63, 3.8) is 0 Å². The summed E-state index contributed by atoms with van der Waals surface area (Å²) in [5.74, 6) is 0.665. The van der Waals surface area contributed by atoms with Gasteiger partial charge in [-0.3, -0.25) is 4.79 Å². The number of rotatable bonds is 6. The zero-order chi connectivity index (χ0) is 18.5. The summed E-state index contributed by atoms with van der Waals surface area (Å²) in [6, 6.07) is 12.6. The Balaban J connectivity index is 1.60. The Bertz CT molecular complexity index is 782. The summed E-state index contributed by atoms with van der Waals surface area (Å²) in [5.41, 5.74) is 6.52. The molecule has 26 heavy (non-hydrogen) atoms. The van der Waals surface area contributed by atoms with E-state index < -0.39 is 0 Å². The van der Waals surface area contributed by atoms with Crippen LogP contribution in [0.4, 0.5) is 0 Å². The van der Waals surface area contributed by atoms with Gasteiger partial charge in [0, 0.05) is 0 Å². The molecule has 0 unspecified atom stereocenters. The summed E-state index contributed by atoms with van der Waals surface area (Å²) in [6.07, 6.45) is 5.76. The predicted molar refractivity (Wildman–Crippen MR) is 106 cm³/mol. The fraction of sp³-hybridized carbons (Fsp3) is 0.435. The smallest absolute Gasteiger partial charge is 0.258 e. The summed E-state index contributed by atoms with van der Waals surface area (Å²) in [5, 5.41) is 3.12. The maximum absolute atomic E-state index is 12.4. The van der Waals surface area contributed by atoms with Gasteiger partial charge in [0.1, 0.15) is 5.75 Å². The average molecular weight is 351 g/mol. The van der Waals surface area contributed by atoms with Crippen molar-refractivity contribution >= 4 is 5.91 Å². The molecular weight excluding hydrogens is 322 g/mol. The van der Waals surface area contributed by atoms with Gasteiger partial charge in [-0.25, -0.2) is 0 Å². The summed E-state index contributed by atoms with van der Waals surface area (Å²) in [6.45, 7) is 6.26.